The molecular weight excluding hydrogens is 767 g/mol. The van der Waals surface area contributed by atoms with Crippen molar-refractivity contribution in [1.29, 1.82) is 0 Å². The van der Waals surface area contributed by atoms with Gasteiger partial charge in [0.05, 0.1) is 18.5 Å². The summed E-state index contributed by atoms with van der Waals surface area (Å²) >= 11 is 0. The SMILES string of the molecule is COc1cc(-c2cc(C(C)(C)C)ccc2-c2cc(C)cc(C34CC5CC(CC(C5)C3)C4)c2)nc(-c2cc(C(C)(C)C)ccc2-c2cc(C)cc(C34CC5CC(CC(C5)C3)C4)c2O)c1. The zero-order valence-electron chi connectivity index (χ0n) is 39.8. The van der Waals surface area contributed by atoms with E-state index in [0.29, 0.717) is 11.2 Å². The highest BCUT2D eigenvalue weighted by molar-refractivity contribution is 5.89. The van der Waals surface area contributed by atoms with E-state index in [1.54, 1.807) is 12.7 Å². The highest BCUT2D eigenvalue weighted by atomic mass is 16.5. The molecule has 1 aromatic heterocycles. The number of phenolic OH excluding ortho intramolecular Hbond substituents is 1. The monoisotopic (exact) mass is 838 g/mol. The molecule has 4 aromatic carbocycles. The summed E-state index contributed by atoms with van der Waals surface area (Å²) in [6.45, 7) is 18.3. The van der Waals surface area contributed by atoms with E-state index in [2.05, 4.69) is 134 Å². The Hall–Kier alpha value is -4.37. The van der Waals surface area contributed by atoms with Crippen molar-refractivity contribution in [2.45, 2.75) is 154 Å². The van der Waals surface area contributed by atoms with Crippen molar-refractivity contribution >= 4 is 0 Å². The minimum absolute atomic E-state index is 0.0444. The maximum atomic E-state index is 12.7. The lowest BCUT2D eigenvalue weighted by Crippen LogP contribution is -2.48. The van der Waals surface area contributed by atoms with Gasteiger partial charge in [0, 0.05) is 34.4 Å². The summed E-state index contributed by atoms with van der Waals surface area (Å²) in [7, 11) is 1.78. The number of aromatic hydroxyl groups is 1. The topological polar surface area (TPSA) is 42.4 Å². The normalized spacial score (nSPS) is 29.4. The fourth-order valence-electron chi connectivity index (χ4n) is 15.4. The average Bonchev–Trinajstić information content (AvgIpc) is 3.22. The molecular formula is C60H71NO2. The first-order valence-corrected chi connectivity index (χ1v) is 24.8. The molecule has 0 aliphatic heterocycles. The third-order valence-electron chi connectivity index (χ3n) is 17.6. The van der Waals surface area contributed by atoms with Gasteiger partial charge in [0.1, 0.15) is 11.5 Å². The fraction of sp³-hybridized carbons (Fsp3) is 0.517. The van der Waals surface area contributed by atoms with Crippen LogP contribution in [0.3, 0.4) is 0 Å². The summed E-state index contributed by atoms with van der Waals surface area (Å²) < 4.78 is 6.21. The van der Waals surface area contributed by atoms with Crippen LogP contribution in [0, 0.1) is 49.4 Å². The molecule has 328 valence electrons. The zero-order chi connectivity index (χ0) is 43.8. The minimum Gasteiger partial charge on any atom is -0.507 e. The zero-order valence-corrected chi connectivity index (χ0v) is 39.8. The molecule has 0 unspecified atom stereocenters. The van der Waals surface area contributed by atoms with Crippen molar-refractivity contribution in [3.8, 4) is 56.3 Å². The molecule has 1 heterocycles. The van der Waals surface area contributed by atoms with Crippen LogP contribution >= 0.6 is 0 Å². The van der Waals surface area contributed by atoms with Gasteiger partial charge in [-0.15, -0.1) is 0 Å². The van der Waals surface area contributed by atoms with Gasteiger partial charge in [0.2, 0.25) is 0 Å². The summed E-state index contributed by atoms with van der Waals surface area (Å²) in [5.74, 6) is 6.35. The van der Waals surface area contributed by atoms with E-state index in [-0.39, 0.29) is 16.2 Å². The molecule has 8 aliphatic carbocycles. The summed E-state index contributed by atoms with van der Waals surface area (Å²) in [4.78, 5) is 5.71. The Balaban J connectivity index is 1.08. The molecule has 63 heavy (non-hydrogen) atoms. The number of aromatic nitrogens is 1. The third-order valence-corrected chi connectivity index (χ3v) is 17.6. The summed E-state index contributed by atoms with van der Waals surface area (Å²) in [6, 6.07) is 30.3. The highest BCUT2D eigenvalue weighted by Gasteiger charge is 2.53. The first-order valence-electron chi connectivity index (χ1n) is 24.8. The molecule has 5 aromatic rings. The number of aryl methyl sites for hydroxylation is 2. The average molecular weight is 838 g/mol. The Kier molecular flexibility index (Phi) is 9.56. The number of pyridine rings is 1. The fourth-order valence-corrected chi connectivity index (χ4v) is 15.4. The Bertz CT molecular complexity index is 2560. The van der Waals surface area contributed by atoms with Crippen molar-refractivity contribution in [3.63, 3.8) is 0 Å². The predicted molar refractivity (Wildman–Crippen MR) is 261 cm³/mol. The lowest BCUT2D eigenvalue weighted by molar-refractivity contribution is -0.00614. The summed E-state index contributed by atoms with van der Waals surface area (Å²) in [5.41, 5.74) is 16.5. The lowest BCUT2D eigenvalue weighted by atomic mass is 9.48. The second kappa shape index (κ2) is 14.6. The van der Waals surface area contributed by atoms with Gasteiger partial charge >= 0.3 is 0 Å². The van der Waals surface area contributed by atoms with Gasteiger partial charge in [0.15, 0.2) is 0 Å². The van der Waals surface area contributed by atoms with Crippen molar-refractivity contribution in [1.82, 2.24) is 4.98 Å². The number of phenols is 1. The molecule has 0 atom stereocenters. The van der Waals surface area contributed by atoms with Crippen LogP contribution in [0.15, 0.2) is 78.9 Å². The van der Waals surface area contributed by atoms with Crippen LogP contribution in [0.1, 0.15) is 152 Å². The molecule has 13 rings (SSSR count). The summed E-state index contributed by atoms with van der Waals surface area (Å²) in [6.07, 6.45) is 16.2. The van der Waals surface area contributed by atoms with E-state index in [9.17, 15) is 5.11 Å². The van der Waals surface area contributed by atoms with Crippen LogP contribution in [-0.2, 0) is 21.7 Å². The molecule has 8 fully saturated rings. The smallest absolute Gasteiger partial charge is 0.127 e. The Morgan fingerprint density at radius 3 is 1.46 bits per heavy atom. The number of hydrogen-bond donors (Lipinski definition) is 1. The highest BCUT2D eigenvalue weighted by Crippen LogP contribution is 2.63. The summed E-state index contributed by atoms with van der Waals surface area (Å²) in [5, 5.41) is 12.7. The quantitative estimate of drug-likeness (QED) is 0.178. The van der Waals surface area contributed by atoms with Crippen LogP contribution < -0.4 is 4.74 Å². The van der Waals surface area contributed by atoms with Gasteiger partial charge < -0.3 is 9.84 Å². The first kappa shape index (κ1) is 41.3. The van der Waals surface area contributed by atoms with Crippen LogP contribution in [0.4, 0.5) is 0 Å². The molecule has 0 spiro atoms. The van der Waals surface area contributed by atoms with Gasteiger partial charge in [-0.05, 0) is 205 Å². The molecule has 0 amide bonds. The van der Waals surface area contributed by atoms with Gasteiger partial charge in [-0.25, -0.2) is 4.98 Å². The van der Waals surface area contributed by atoms with E-state index < -0.39 is 0 Å². The van der Waals surface area contributed by atoms with Crippen LogP contribution in [0.2, 0.25) is 0 Å². The number of benzene rings is 4. The molecule has 0 saturated heterocycles. The first-order chi connectivity index (χ1) is 29.9. The maximum absolute atomic E-state index is 12.7. The predicted octanol–water partition coefficient (Wildman–Crippen LogP) is 15.6. The molecule has 3 nitrogen and oxygen atoms in total. The van der Waals surface area contributed by atoms with E-state index >= 15 is 0 Å². The van der Waals surface area contributed by atoms with Crippen LogP contribution in [0.25, 0.3) is 44.8 Å². The standard InChI is InChI=1S/C60H71NO2/c1-35-14-43(24-46(15-35)59-29-37-18-38(30-59)20-39(19-37)31-59)48-12-10-44(57(3,4)5)25-50(48)54-27-47(63-9)28-55(61-54)51-26-45(58(6,7)8)11-13-49(51)52-16-36(2)17-53(56(52)62)60-32-40-21-41(33-60)23-42(22-40)34-60/h10-17,24-28,37-42,62H,18-23,29-34H2,1-9H3. The van der Waals surface area contributed by atoms with Gasteiger partial charge in [-0.2, -0.15) is 0 Å². The number of hydrogen-bond acceptors (Lipinski definition) is 3. The molecule has 1 N–H and O–H groups in total. The van der Waals surface area contributed by atoms with Crippen molar-refractivity contribution in [3.05, 3.63) is 112 Å². The lowest BCUT2D eigenvalue weighted by Gasteiger charge is -2.57. The Morgan fingerprint density at radius 1 is 0.508 bits per heavy atom. The maximum Gasteiger partial charge on any atom is 0.127 e. The van der Waals surface area contributed by atoms with Crippen molar-refractivity contribution in [2.75, 3.05) is 7.11 Å². The minimum atomic E-state index is -0.0816. The Labute approximate surface area is 378 Å². The molecule has 3 heteroatoms. The van der Waals surface area contributed by atoms with Gasteiger partial charge in [-0.3, -0.25) is 0 Å². The van der Waals surface area contributed by atoms with E-state index in [1.165, 1.54) is 116 Å². The number of rotatable bonds is 7. The van der Waals surface area contributed by atoms with Crippen molar-refractivity contribution in [2.24, 2.45) is 35.5 Å². The van der Waals surface area contributed by atoms with Crippen molar-refractivity contribution < 1.29 is 9.84 Å². The Morgan fingerprint density at radius 2 is 0.968 bits per heavy atom. The molecule has 0 radical (unpaired) electrons. The van der Waals surface area contributed by atoms with Crippen LogP contribution in [-0.4, -0.2) is 17.2 Å². The van der Waals surface area contributed by atoms with E-state index in [4.69, 9.17) is 9.72 Å². The largest absolute Gasteiger partial charge is 0.507 e. The van der Waals surface area contributed by atoms with Crippen LogP contribution in [0.5, 0.6) is 11.5 Å². The molecule has 8 saturated carbocycles. The third kappa shape index (κ3) is 7.18. The van der Waals surface area contributed by atoms with E-state index in [1.807, 2.05) is 0 Å². The van der Waals surface area contributed by atoms with Gasteiger partial charge in [-0.1, -0.05) is 95.6 Å². The second-order valence-electron chi connectivity index (χ2n) is 24.5. The van der Waals surface area contributed by atoms with E-state index in [0.717, 1.165) is 74.9 Å². The van der Waals surface area contributed by atoms with Gasteiger partial charge in [0.25, 0.3) is 0 Å². The number of nitrogens with zero attached hydrogens (tertiary/aromatic N) is 1. The second-order valence-corrected chi connectivity index (χ2v) is 24.5. The number of ether oxygens (including phenoxy) is 1. The molecule has 8 bridgehead atoms. The molecule has 8 aliphatic rings. The number of methoxy groups -OCH3 is 1.